The fourth-order valence-electron chi connectivity index (χ4n) is 9.45. The first-order valence-corrected chi connectivity index (χ1v) is 18.8. The molecule has 0 N–H and O–H groups in total. The molecule has 0 bridgehead atoms. The van der Waals surface area contributed by atoms with Crippen LogP contribution in [0.15, 0.2) is 194 Å². The largest absolute Gasteiger partial charge is 0.0616 e. The van der Waals surface area contributed by atoms with Crippen molar-refractivity contribution in [3.05, 3.63) is 194 Å². The van der Waals surface area contributed by atoms with Crippen LogP contribution >= 0.6 is 0 Å². The van der Waals surface area contributed by atoms with Gasteiger partial charge in [-0.15, -0.1) is 0 Å². The van der Waals surface area contributed by atoms with E-state index in [1.54, 1.807) is 0 Å². The van der Waals surface area contributed by atoms with Gasteiger partial charge in [-0.2, -0.15) is 0 Å². The van der Waals surface area contributed by atoms with Crippen molar-refractivity contribution in [1.29, 1.82) is 0 Å². The van der Waals surface area contributed by atoms with E-state index in [9.17, 15) is 0 Å². The minimum atomic E-state index is 1.21. The molecule has 0 fully saturated rings. The van der Waals surface area contributed by atoms with Crippen molar-refractivity contribution in [2.45, 2.75) is 0 Å². The fourth-order valence-corrected chi connectivity index (χ4v) is 9.45. The van der Waals surface area contributed by atoms with Crippen molar-refractivity contribution >= 4 is 75.4 Å². The Hall–Kier alpha value is -7.02. The summed E-state index contributed by atoms with van der Waals surface area (Å²) in [4.78, 5) is 0. The average Bonchev–Trinajstić information content (AvgIpc) is 3.24. The molecule has 248 valence electrons. The van der Waals surface area contributed by atoms with E-state index in [1.807, 2.05) is 0 Å². The Balaban J connectivity index is 1.09. The minimum absolute atomic E-state index is 1.21. The van der Waals surface area contributed by atoms with Gasteiger partial charge in [0.2, 0.25) is 0 Å². The van der Waals surface area contributed by atoms with Crippen LogP contribution in [0.1, 0.15) is 0 Å². The SMILES string of the molecule is c1cc(-c2ccc(-c3ccc4ccc5cccc6ccc3c4c56)cc2)c(-c2ccc3ccc4cccc5ccc2c3c45)c(-c2ccc3ccccc3c2)c1. The molecule has 0 amide bonds. The minimum Gasteiger partial charge on any atom is -0.0616 e. The Kier molecular flexibility index (Phi) is 6.15. The molecule has 0 saturated carbocycles. The van der Waals surface area contributed by atoms with Gasteiger partial charge < -0.3 is 0 Å². The van der Waals surface area contributed by atoms with Crippen LogP contribution < -0.4 is 0 Å². The van der Waals surface area contributed by atoms with Crippen LogP contribution in [-0.4, -0.2) is 0 Å². The van der Waals surface area contributed by atoms with Gasteiger partial charge in [0.15, 0.2) is 0 Å². The number of benzene rings is 12. The van der Waals surface area contributed by atoms with Crippen molar-refractivity contribution in [2.24, 2.45) is 0 Å². The smallest absolute Gasteiger partial charge is 0.00206 e. The Morgan fingerprint density at radius 1 is 0.204 bits per heavy atom. The van der Waals surface area contributed by atoms with E-state index >= 15 is 0 Å². The second-order valence-corrected chi connectivity index (χ2v) is 14.8. The molecular weight excluding hydrogens is 649 g/mol. The molecule has 54 heavy (non-hydrogen) atoms. The first-order chi connectivity index (χ1) is 26.8. The number of fused-ring (bicyclic) bond motifs is 1. The molecule has 0 nitrogen and oxygen atoms in total. The summed E-state index contributed by atoms with van der Waals surface area (Å²) < 4.78 is 0. The van der Waals surface area contributed by atoms with Gasteiger partial charge in [0.1, 0.15) is 0 Å². The quantitative estimate of drug-likeness (QED) is 0.162. The monoisotopic (exact) mass is 680 g/mol. The van der Waals surface area contributed by atoms with Crippen LogP contribution in [0.25, 0.3) is 120 Å². The number of hydrogen-bond acceptors (Lipinski definition) is 0. The average molecular weight is 681 g/mol. The van der Waals surface area contributed by atoms with Gasteiger partial charge in [-0.3, -0.25) is 0 Å². The zero-order chi connectivity index (χ0) is 35.3. The van der Waals surface area contributed by atoms with Gasteiger partial charge in [0.05, 0.1) is 0 Å². The first-order valence-electron chi connectivity index (χ1n) is 18.8. The molecule has 0 saturated heterocycles. The van der Waals surface area contributed by atoms with E-state index < -0.39 is 0 Å². The fraction of sp³-hybridized carbons (Fsp3) is 0. The van der Waals surface area contributed by atoms with E-state index in [0.717, 1.165) is 0 Å². The standard InChI is InChI=1S/C54H32/c1-2-7-42-32-43(23-14-33(42)6-1)46-13-5-12-45(54(46)49-31-27-41-22-20-37-9-4-11-39-26-30-48(49)53(41)51(37)39)35-17-15-34(16-18-35)44-28-24-40-21-19-36-8-3-10-38-25-29-47(44)52(40)50(36)38/h1-32H. The molecule has 12 aromatic rings. The molecule has 0 aliphatic carbocycles. The van der Waals surface area contributed by atoms with Gasteiger partial charge in [-0.25, -0.2) is 0 Å². The molecule has 12 rings (SSSR count). The van der Waals surface area contributed by atoms with E-state index in [2.05, 4.69) is 194 Å². The van der Waals surface area contributed by atoms with E-state index in [0.29, 0.717) is 0 Å². The normalized spacial score (nSPS) is 12.1. The van der Waals surface area contributed by atoms with Crippen LogP contribution in [0, 0.1) is 0 Å². The molecule has 0 atom stereocenters. The van der Waals surface area contributed by atoms with Crippen LogP contribution in [0.4, 0.5) is 0 Å². The zero-order valence-corrected chi connectivity index (χ0v) is 29.5. The van der Waals surface area contributed by atoms with Gasteiger partial charge in [-0.05, 0) is 126 Å². The molecule has 0 radical (unpaired) electrons. The molecule has 0 aliphatic rings. The van der Waals surface area contributed by atoms with Gasteiger partial charge in [0.25, 0.3) is 0 Å². The number of hydrogen-bond donors (Lipinski definition) is 0. The van der Waals surface area contributed by atoms with E-state index in [-0.39, 0.29) is 0 Å². The van der Waals surface area contributed by atoms with E-state index in [4.69, 9.17) is 0 Å². The summed E-state index contributed by atoms with van der Waals surface area (Å²) in [7, 11) is 0. The first kappa shape index (κ1) is 29.5. The Labute approximate surface area is 312 Å². The summed E-state index contributed by atoms with van der Waals surface area (Å²) in [6.07, 6.45) is 0. The zero-order valence-electron chi connectivity index (χ0n) is 29.5. The molecule has 0 aromatic heterocycles. The third-order valence-corrected chi connectivity index (χ3v) is 12.0. The van der Waals surface area contributed by atoms with Crippen molar-refractivity contribution in [3.8, 4) is 44.5 Å². The van der Waals surface area contributed by atoms with Crippen LogP contribution in [0.5, 0.6) is 0 Å². The van der Waals surface area contributed by atoms with Crippen molar-refractivity contribution in [3.63, 3.8) is 0 Å². The maximum absolute atomic E-state index is 2.35. The van der Waals surface area contributed by atoms with Crippen molar-refractivity contribution in [2.75, 3.05) is 0 Å². The topological polar surface area (TPSA) is 0 Å². The van der Waals surface area contributed by atoms with Crippen LogP contribution in [0.2, 0.25) is 0 Å². The molecule has 12 aromatic carbocycles. The molecule has 0 heterocycles. The summed E-state index contributed by atoms with van der Waals surface area (Å²) in [6, 6.07) is 72.5. The summed E-state index contributed by atoms with van der Waals surface area (Å²) in [5.74, 6) is 0. The summed E-state index contributed by atoms with van der Waals surface area (Å²) in [5, 5.41) is 18.2. The molecular formula is C54H32. The van der Waals surface area contributed by atoms with Crippen molar-refractivity contribution in [1.82, 2.24) is 0 Å². The highest BCUT2D eigenvalue weighted by molar-refractivity contribution is 6.27. The molecule has 0 heteroatoms. The Bertz CT molecular complexity index is 3390. The maximum atomic E-state index is 2.35. The van der Waals surface area contributed by atoms with Crippen LogP contribution in [0.3, 0.4) is 0 Å². The second-order valence-electron chi connectivity index (χ2n) is 14.8. The highest BCUT2D eigenvalue weighted by Gasteiger charge is 2.20. The maximum Gasteiger partial charge on any atom is -0.00206 e. The number of rotatable bonds is 4. The summed E-state index contributed by atoms with van der Waals surface area (Å²) in [5.41, 5.74) is 9.93. The third kappa shape index (κ3) is 4.26. The highest BCUT2D eigenvalue weighted by Crippen LogP contribution is 2.47. The van der Waals surface area contributed by atoms with Crippen molar-refractivity contribution < 1.29 is 0 Å². The van der Waals surface area contributed by atoms with Gasteiger partial charge >= 0.3 is 0 Å². The highest BCUT2D eigenvalue weighted by atomic mass is 14.2. The Morgan fingerprint density at radius 3 is 1.20 bits per heavy atom. The predicted molar refractivity (Wildman–Crippen MR) is 233 cm³/mol. The van der Waals surface area contributed by atoms with Crippen LogP contribution in [-0.2, 0) is 0 Å². The van der Waals surface area contributed by atoms with E-state index in [1.165, 1.54) is 120 Å². The summed E-state index contributed by atoms with van der Waals surface area (Å²) >= 11 is 0. The summed E-state index contributed by atoms with van der Waals surface area (Å²) in [6.45, 7) is 0. The predicted octanol–water partition coefficient (Wildman–Crippen LogP) is 15.3. The van der Waals surface area contributed by atoms with Gasteiger partial charge in [-0.1, -0.05) is 188 Å². The molecule has 0 aliphatic heterocycles. The lowest BCUT2D eigenvalue weighted by Crippen LogP contribution is -1.93. The lowest BCUT2D eigenvalue weighted by atomic mass is 9.83. The molecule has 0 spiro atoms. The third-order valence-electron chi connectivity index (χ3n) is 12.0. The Morgan fingerprint density at radius 2 is 0.593 bits per heavy atom. The molecule has 0 unspecified atom stereocenters. The van der Waals surface area contributed by atoms with Gasteiger partial charge in [0, 0.05) is 0 Å². The lowest BCUT2D eigenvalue weighted by Gasteiger charge is -2.20. The second kappa shape index (κ2) is 11.2. The lowest BCUT2D eigenvalue weighted by molar-refractivity contribution is 1.58.